The van der Waals surface area contributed by atoms with Crippen LogP contribution < -0.4 is 10.6 Å². The van der Waals surface area contributed by atoms with E-state index in [0.717, 1.165) is 43.2 Å². The summed E-state index contributed by atoms with van der Waals surface area (Å²) in [6.45, 7) is 1.67. The number of carbonyl (C=O) groups is 1. The van der Waals surface area contributed by atoms with Crippen LogP contribution in [0.15, 0.2) is 41.1 Å². The maximum absolute atomic E-state index is 13.3. The van der Waals surface area contributed by atoms with Crippen molar-refractivity contribution in [3.05, 3.63) is 52.3 Å². The fraction of sp³-hybridized carbons (Fsp3) is 0.444. The molecule has 1 amide bonds. The van der Waals surface area contributed by atoms with E-state index < -0.39 is 5.54 Å². The molecule has 1 atom stereocenters. The molecule has 1 fully saturated rings. The third-order valence-corrected chi connectivity index (χ3v) is 6.06. The van der Waals surface area contributed by atoms with Gasteiger partial charge in [-0.15, -0.1) is 0 Å². The normalized spacial score (nSPS) is 22.1. The van der Waals surface area contributed by atoms with Crippen molar-refractivity contribution in [2.24, 2.45) is 0 Å². The van der Waals surface area contributed by atoms with Crippen LogP contribution in [0.5, 0.6) is 0 Å². The minimum Gasteiger partial charge on any atom is -0.347 e. The van der Waals surface area contributed by atoms with Gasteiger partial charge in [0.2, 0.25) is 5.91 Å². The topological polar surface area (TPSA) is 59.0 Å². The minimum atomic E-state index is -0.580. The fourth-order valence-electron chi connectivity index (χ4n) is 3.97. The molecular weight excluding hydrogens is 368 g/mol. The molecule has 0 bridgehead atoms. The van der Waals surface area contributed by atoms with Crippen molar-refractivity contribution in [1.29, 1.82) is 0 Å². The van der Waals surface area contributed by atoms with Crippen LogP contribution in [0.3, 0.4) is 0 Å². The summed E-state index contributed by atoms with van der Waals surface area (Å²) >= 11 is 3.62. The number of carbonyl (C=O) groups excluding carboxylic acids is 1. The molecule has 2 aliphatic rings. The van der Waals surface area contributed by atoms with Crippen molar-refractivity contribution in [2.45, 2.75) is 37.3 Å². The lowest BCUT2D eigenvalue weighted by Crippen LogP contribution is -2.55. The van der Waals surface area contributed by atoms with E-state index in [0.29, 0.717) is 0 Å². The van der Waals surface area contributed by atoms with Gasteiger partial charge < -0.3 is 10.6 Å². The summed E-state index contributed by atoms with van der Waals surface area (Å²) < 4.78 is 2.99. The van der Waals surface area contributed by atoms with Crippen LogP contribution in [0.1, 0.15) is 36.4 Å². The predicted molar refractivity (Wildman–Crippen MR) is 95.7 cm³/mol. The highest BCUT2D eigenvalue weighted by Gasteiger charge is 2.43. The molecule has 1 saturated heterocycles. The molecule has 1 aromatic carbocycles. The van der Waals surface area contributed by atoms with Gasteiger partial charge in [-0.1, -0.05) is 28.1 Å². The Bertz CT molecular complexity index is 737. The molecule has 0 radical (unpaired) electrons. The van der Waals surface area contributed by atoms with Crippen LogP contribution in [-0.2, 0) is 16.8 Å². The molecule has 24 heavy (non-hydrogen) atoms. The van der Waals surface area contributed by atoms with E-state index in [1.807, 2.05) is 23.0 Å². The Hall–Kier alpha value is -1.66. The average molecular weight is 389 g/mol. The second-order valence-corrected chi connectivity index (χ2v) is 7.46. The van der Waals surface area contributed by atoms with Crippen LogP contribution in [0.25, 0.3) is 0 Å². The van der Waals surface area contributed by atoms with Crippen molar-refractivity contribution >= 4 is 21.8 Å². The summed E-state index contributed by atoms with van der Waals surface area (Å²) in [7, 11) is 0. The van der Waals surface area contributed by atoms with Crippen molar-refractivity contribution in [3.63, 3.8) is 0 Å². The Kier molecular flexibility index (Phi) is 4.18. The Balaban J connectivity index is 1.61. The van der Waals surface area contributed by atoms with Crippen LogP contribution >= 0.6 is 15.9 Å². The van der Waals surface area contributed by atoms with Gasteiger partial charge in [0.05, 0.1) is 6.04 Å². The summed E-state index contributed by atoms with van der Waals surface area (Å²) in [5.74, 6) is 0.0884. The second-order valence-electron chi connectivity index (χ2n) is 6.60. The van der Waals surface area contributed by atoms with Gasteiger partial charge in [0.25, 0.3) is 0 Å². The summed E-state index contributed by atoms with van der Waals surface area (Å²) in [6, 6.07) is 8.22. The monoisotopic (exact) mass is 388 g/mol. The summed E-state index contributed by atoms with van der Waals surface area (Å²) in [5, 5.41) is 11.0. The lowest BCUT2D eigenvalue weighted by Gasteiger charge is -2.37. The zero-order valence-electron chi connectivity index (χ0n) is 13.5. The minimum absolute atomic E-state index is 0.0884. The maximum Gasteiger partial charge on any atom is 0.248 e. The third-order valence-electron chi connectivity index (χ3n) is 5.32. The SMILES string of the molecule is O=C(NC1CCc2c(Br)cccc21)C1(n2cccn2)CCNCC1. The zero-order valence-corrected chi connectivity index (χ0v) is 15.1. The van der Waals surface area contributed by atoms with Gasteiger partial charge in [-0.25, -0.2) is 0 Å². The van der Waals surface area contributed by atoms with Gasteiger partial charge in [-0.3, -0.25) is 9.48 Å². The second kappa shape index (κ2) is 6.33. The lowest BCUT2D eigenvalue weighted by atomic mass is 9.87. The largest absolute Gasteiger partial charge is 0.347 e. The Labute approximate surface area is 149 Å². The molecule has 4 rings (SSSR count). The molecule has 2 aromatic rings. The van der Waals surface area contributed by atoms with Gasteiger partial charge >= 0.3 is 0 Å². The first kappa shape index (κ1) is 15.8. The standard InChI is InChI=1S/C18H21BrN4O/c19-15-4-1-3-14-13(15)5-6-16(14)22-17(24)18(7-10-20-11-8-18)23-12-2-9-21-23/h1-4,9,12,16,20H,5-8,10-11H2,(H,22,24). The molecule has 126 valence electrons. The fourth-order valence-corrected chi connectivity index (χ4v) is 4.55. The average Bonchev–Trinajstić information content (AvgIpc) is 3.27. The van der Waals surface area contributed by atoms with Crippen molar-refractivity contribution in [3.8, 4) is 0 Å². The highest BCUT2D eigenvalue weighted by atomic mass is 79.9. The number of halogens is 1. The summed E-state index contributed by atoms with van der Waals surface area (Å²) in [4.78, 5) is 13.3. The number of nitrogens with one attached hydrogen (secondary N) is 2. The van der Waals surface area contributed by atoms with Crippen LogP contribution in [0, 0.1) is 0 Å². The van der Waals surface area contributed by atoms with E-state index in [4.69, 9.17) is 0 Å². The highest BCUT2D eigenvalue weighted by molar-refractivity contribution is 9.10. The summed E-state index contributed by atoms with van der Waals surface area (Å²) in [6.07, 6.45) is 7.13. The molecule has 6 heteroatoms. The zero-order chi connectivity index (χ0) is 16.6. The quantitative estimate of drug-likeness (QED) is 0.848. The number of hydrogen-bond donors (Lipinski definition) is 2. The van der Waals surface area contributed by atoms with Gasteiger partial charge in [-0.05, 0) is 62.0 Å². The number of amides is 1. The predicted octanol–water partition coefficient (Wildman–Crippen LogP) is 2.53. The Morgan fingerprint density at radius 1 is 1.33 bits per heavy atom. The first-order valence-electron chi connectivity index (χ1n) is 8.50. The molecule has 0 spiro atoms. The van der Waals surface area contributed by atoms with E-state index in [1.165, 1.54) is 11.1 Å². The van der Waals surface area contributed by atoms with Crippen molar-refractivity contribution in [1.82, 2.24) is 20.4 Å². The number of rotatable bonds is 3. The number of aromatic nitrogens is 2. The van der Waals surface area contributed by atoms with Gasteiger partial charge in [-0.2, -0.15) is 5.10 Å². The van der Waals surface area contributed by atoms with Crippen LogP contribution in [-0.4, -0.2) is 28.8 Å². The van der Waals surface area contributed by atoms with Crippen molar-refractivity contribution in [2.75, 3.05) is 13.1 Å². The van der Waals surface area contributed by atoms with Gasteiger partial charge in [0, 0.05) is 16.9 Å². The number of benzene rings is 1. The maximum atomic E-state index is 13.3. The van der Waals surface area contributed by atoms with Crippen LogP contribution in [0.2, 0.25) is 0 Å². The molecule has 2 heterocycles. The van der Waals surface area contributed by atoms with E-state index in [2.05, 4.69) is 43.8 Å². The first-order chi connectivity index (χ1) is 11.7. The Morgan fingerprint density at radius 3 is 2.92 bits per heavy atom. The molecular formula is C18H21BrN4O. The van der Waals surface area contributed by atoms with Gasteiger partial charge in [0.15, 0.2) is 0 Å². The van der Waals surface area contributed by atoms with E-state index >= 15 is 0 Å². The smallest absolute Gasteiger partial charge is 0.248 e. The molecule has 1 aliphatic carbocycles. The molecule has 5 nitrogen and oxygen atoms in total. The highest BCUT2D eigenvalue weighted by Crippen LogP contribution is 2.37. The third kappa shape index (κ3) is 2.58. The van der Waals surface area contributed by atoms with Crippen molar-refractivity contribution < 1.29 is 4.79 Å². The van der Waals surface area contributed by atoms with Crippen LogP contribution in [0.4, 0.5) is 0 Å². The molecule has 1 aliphatic heterocycles. The first-order valence-corrected chi connectivity index (χ1v) is 9.29. The lowest BCUT2D eigenvalue weighted by molar-refractivity contribution is -0.132. The Morgan fingerprint density at radius 2 is 2.17 bits per heavy atom. The van der Waals surface area contributed by atoms with Gasteiger partial charge in [0.1, 0.15) is 5.54 Å². The number of nitrogens with zero attached hydrogens (tertiary/aromatic N) is 2. The number of hydrogen-bond acceptors (Lipinski definition) is 3. The molecule has 1 aromatic heterocycles. The van der Waals surface area contributed by atoms with E-state index in [1.54, 1.807) is 6.20 Å². The molecule has 2 N–H and O–H groups in total. The summed E-state index contributed by atoms with van der Waals surface area (Å²) in [5.41, 5.74) is 1.98. The number of fused-ring (bicyclic) bond motifs is 1. The van der Waals surface area contributed by atoms with E-state index in [-0.39, 0.29) is 11.9 Å². The molecule has 1 unspecified atom stereocenters. The van der Waals surface area contributed by atoms with E-state index in [9.17, 15) is 4.79 Å². The number of piperidine rings is 1. The molecule has 0 saturated carbocycles.